The average molecular weight is 511 g/mol. The van der Waals surface area contributed by atoms with Crippen molar-refractivity contribution in [3.05, 3.63) is 48.5 Å². The second-order valence-electron chi connectivity index (χ2n) is 5.32. The number of nitrogens with one attached hydrogen (secondary N) is 1. The van der Waals surface area contributed by atoms with Gasteiger partial charge >= 0.3 is 6.36 Å². The molecule has 0 heterocycles. The van der Waals surface area contributed by atoms with Gasteiger partial charge < -0.3 is 25.3 Å². The third-order valence-electron chi connectivity index (χ3n) is 3.27. The largest absolute Gasteiger partial charge is 0.573 e. The molecule has 0 saturated carbocycles. The summed E-state index contributed by atoms with van der Waals surface area (Å²) in [6, 6.07) is 12.8. The molecule has 0 atom stereocenters. The van der Waals surface area contributed by atoms with E-state index < -0.39 is 6.36 Å². The first-order chi connectivity index (χ1) is 12.9. The molecule has 2 aromatic carbocycles. The fourth-order valence-electron chi connectivity index (χ4n) is 2.11. The van der Waals surface area contributed by atoms with E-state index in [2.05, 4.69) is 15.0 Å². The van der Waals surface area contributed by atoms with Gasteiger partial charge in [0.2, 0.25) is 0 Å². The number of rotatable bonds is 8. The van der Waals surface area contributed by atoms with Gasteiger partial charge in [-0.05, 0) is 24.3 Å². The summed E-state index contributed by atoms with van der Waals surface area (Å²) >= 11 is 0. The van der Waals surface area contributed by atoms with Gasteiger partial charge in [-0.2, -0.15) is 0 Å². The molecule has 0 saturated heterocycles. The smallest absolute Gasteiger partial charge is 0.497 e. The summed E-state index contributed by atoms with van der Waals surface area (Å²) in [5.41, 5.74) is 5.79. The highest BCUT2D eigenvalue weighted by molar-refractivity contribution is 14.0. The molecule has 0 aromatic heterocycles. The van der Waals surface area contributed by atoms with Crippen molar-refractivity contribution < 1.29 is 27.4 Å². The van der Waals surface area contributed by atoms with Gasteiger partial charge in [0, 0.05) is 19.0 Å². The Balaban J connectivity index is 0.00000392. The first-order valence-corrected chi connectivity index (χ1v) is 8.06. The van der Waals surface area contributed by atoms with E-state index in [1.54, 1.807) is 25.3 Å². The molecule has 0 radical (unpaired) electrons. The summed E-state index contributed by atoms with van der Waals surface area (Å²) in [4.78, 5) is 4.06. The van der Waals surface area contributed by atoms with Crippen molar-refractivity contribution in [2.45, 2.75) is 12.8 Å². The van der Waals surface area contributed by atoms with Crippen LogP contribution in [0.15, 0.2) is 53.5 Å². The Bertz CT molecular complexity index is 773. The van der Waals surface area contributed by atoms with Gasteiger partial charge in [0.05, 0.1) is 19.4 Å². The van der Waals surface area contributed by atoms with E-state index in [9.17, 15) is 13.2 Å². The molecule has 154 valence electrons. The van der Waals surface area contributed by atoms with Crippen molar-refractivity contribution >= 4 is 35.6 Å². The Morgan fingerprint density at radius 2 is 1.82 bits per heavy atom. The maximum absolute atomic E-state index is 12.4. The minimum absolute atomic E-state index is 0. The van der Waals surface area contributed by atoms with Crippen molar-refractivity contribution in [3.8, 4) is 17.2 Å². The van der Waals surface area contributed by atoms with Crippen LogP contribution in [0.25, 0.3) is 0 Å². The number of benzene rings is 2. The number of hydrogen-bond acceptors (Lipinski definition) is 4. The fraction of sp³-hybridized carbons (Fsp3) is 0.278. The first kappa shape index (κ1) is 23.7. The highest BCUT2D eigenvalue weighted by Gasteiger charge is 2.32. The van der Waals surface area contributed by atoms with Crippen molar-refractivity contribution in [2.24, 2.45) is 10.7 Å². The number of nitrogens with zero attached hydrogens (tertiary/aromatic N) is 1. The molecule has 3 N–H and O–H groups in total. The lowest BCUT2D eigenvalue weighted by Crippen LogP contribution is -2.24. The molecule has 2 rings (SSSR count). The van der Waals surface area contributed by atoms with Crippen molar-refractivity contribution in [1.29, 1.82) is 0 Å². The molecule has 28 heavy (non-hydrogen) atoms. The number of para-hydroxylation sites is 2. The van der Waals surface area contributed by atoms with E-state index in [-0.39, 0.29) is 41.4 Å². The molecule has 0 aliphatic carbocycles. The molecule has 0 aliphatic rings. The number of hydrogen-bond donors (Lipinski definition) is 2. The van der Waals surface area contributed by atoms with Crippen LogP contribution >= 0.6 is 24.0 Å². The average Bonchev–Trinajstić information content (AvgIpc) is 2.62. The molecule has 0 spiro atoms. The number of nitrogens with two attached hydrogens (primary N) is 1. The van der Waals surface area contributed by atoms with Crippen molar-refractivity contribution in [1.82, 2.24) is 0 Å². The third kappa shape index (κ3) is 8.55. The van der Waals surface area contributed by atoms with Crippen LogP contribution in [0.4, 0.5) is 18.9 Å². The van der Waals surface area contributed by atoms with Crippen LogP contribution in [0, 0.1) is 0 Å². The number of halogens is 4. The molecule has 0 unspecified atom stereocenters. The lowest BCUT2D eigenvalue weighted by atomic mass is 10.3. The minimum Gasteiger partial charge on any atom is -0.497 e. The van der Waals surface area contributed by atoms with Gasteiger partial charge in [0.1, 0.15) is 11.5 Å². The van der Waals surface area contributed by atoms with Crippen LogP contribution < -0.4 is 25.3 Å². The summed E-state index contributed by atoms with van der Waals surface area (Å²) in [5.74, 6) is 0.959. The van der Waals surface area contributed by atoms with Gasteiger partial charge in [-0.15, -0.1) is 37.1 Å². The van der Waals surface area contributed by atoms with Crippen molar-refractivity contribution in [3.63, 3.8) is 0 Å². The summed E-state index contributed by atoms with van der Waals surface area (Å²) in [6.07, 6.45) is -4.22. The topological polar surface area (TPSA) is 78.1 Å². The van der Waals surface area contributed by atoms with Gasteiger partial charge in [0.15, 0.2) is 11.7 Å². The highest BCUT2D eigenvalue weighted by atomic mass is 127. The Hall–Kier alpha value is -2.37. The fourth-order valence-corrected chi connectivity index (χ4v) is 2.11. The van der Waals surface area contributed by atoms with E-state index in [1.165, 1.54) is 18.2 Å². The quantitative estimate of drug-likeness (QED) is 0.238. The van der Waals surface area contributed by atoms with E-state index in [0.717, 1.165) is 0 Å². The van der Waals surface area contributed by atoms with Crippen molar-refractivity contribution in [2.75, 3.05) is 25.6 Å². The molecule has 0 aliphatic heterocycles. The minimum atomic E-state index is -4.79. The lowest BCUT2D eigenvalue weighted by Gasteiger charge is -2.14. The zero-order chi connectivity index (χ0) is 19.7. The highest BCUT2D eigenvalue weighted by Crippen LogP contribution is 2.29. The van der Waals surface area contributed by atoms with Gasteiger partial charge in [-0.3, -0.25) is 4.99 Å². The number of anilines is 1. The van der Waals surface area contributed by atoms with Gasteiger partial charge in [-0.1, -0.05) is 18.2 Å². The number of guanidine groups is 1. The molecular formula is C18H21F3IN3O3. The number of ether oxygens (including phenoxy) is 3. The summed E-state index contributed by atoms with van der Waals surface area (Å²) < 4.78 is 51.8. The zero-order valence-electron chi connectivity index (χ0n) is 15.0. The van der Waals surface area contributed by atoms with Crippen LogP contribution in [0.5, 0.6) is 17.2 Å². The Morgan fingerprint density at radius 3 is 2.54 bits per heavy atom. The first-order valence-electron chi connectivity index (χ1n) is 8.06. The molecular weight excluding hydrogens is 490 g/mol. The maximum atomic E-state index is 12.4. The molecule has 0 fully saturated rings. The van der Waals surface area contributed by atoms with Crippen LogP contribution in [0.2, 0.25) is 0 Å². The number of aliphatic imine (C=N–C) groups is 1. The molecule has 10 heteroatoms. The molecule has 6 nitrogen and oxygen atoms in total. The zero-order valence-corrected chi connectivity index (χ0v) is 17.4. The lowest BCUT2D eigenvalue weighted by molar-refractivity contribution is -0.274. The monoisotopic (exact) mass is 511 g/mol. The summed E-state index contributed by atoms with van der Waals surface area (Å²) in [5, 5.41) is 2.60. The van der Waals surface area contributed by atoms with E-state index in [1.807, 2.05) is 12.1 Å². The number of methoxy groups -OCH3 is 1. The predicted molar refractivity (Wildman–Crippen MR) is 112 cm³/mol. The summed E-state index contributed by atoms with van der Waals surface area (Å²) in [6.45, 7) is 0.739. The predicted octanol–water partition coefficient (Wildman–Crippen LogP) is 4.41. The van der Waals surface area contributed by atoms with E-state index >= 15 is 0 Å². The van der Waals surface area contributed by atoms with Crippen LogP contribution in [0.1, 0.15) is 6.42 Å². The molecule has 0 amide bonds. The van der Waals surface area contributed by atoms with E-state index in [4.69, 9.17) is 15.2 Å². The second kappa shape index (κ2) is 11.5. The Labute approximate surface area is 177 Å². The standard InChI is InChI=1S/C18H20F3N3O3.HI/c1-25-13-6-4-7-14(12-13)26-11-5-10-23-17(22)24-15-8-2-3-9-16(15)27-18(19,20)21;/h2-4,6-9,12H,5,10-11H2,1H3,(H3,22,23,24);1H. The summed E-state index contributed by atoms with van der Waals surface area (Å²) in [7, 11) is 1.57. The van der Waals surface area contributed by atoms with Crippen LogP contribution in [-0.2, 0) is 0 Å². The van der Waals surface area contributed by atoms with Crippen LogP contribution in [-0.4, -0.2) is 32.6 Å². The maximum Gasteiger partial charge on any atom is 0.573 e. The third-order valence-corrected chi connectivity index (χ3v) is 3.27. The molecule has 2 aromatic rings. The van der Waals surface area contributed by atoms with Gasteiger partial charge in [0.25, 0.3) is 0 Å². The Kier molecular flexibility index (Phi) is 9.69. The number of alkyl halides is 3. The SMILES string of the molecule is COc1cccc(OCCCN=C(N)Nc2ccccc2OC(F)(F)F)c1.I. The van der Waals surface area contributed by atoms with Crippen LogP contribution in [0.3, 0.4) is 0 Å². The normalized spacial score (nSPS) is 11.4. The van der Waals surface area contributed by atoms with Gasteiger partial charge in [-0.25, -0.2) is 0 Å². The van der Waals surface area contributed by atoms with E-state index in [0.29, 0.717) is 31.1 Å². The second-order valence-corrected chi connectivity index (χ2v) is 5.32. The molecule has 0 bridgehead atoms. The Morgan fingerprint density at radius 1 is 1.11 bits per heavy atom.